The summed E-state index contributed by atoms with van der Waals surface area (Å²) in [6.07, 6.45) is -1.59. The van der Waals surface area contributed by atoms with Gasteiger partial charge in [0, 0.05) is 82.7 Å². The first-order chi connectivity index (χ1) is 17.1. The van der Waals surface area contributed by atoms with Crippen LogP contribution in [0.1, 0.15) is 43.0 Å². The van der Waals surface area contributed by atoms with Crippen molar-refractivity contribution in [1.29, 1.82) is 0 Å². The number of nitrogens with zero attached hydrogens (tertiary/aromatic N) is 3. The van der Waals surface area contributed by atoms with Crippen LogP contribution < -0.4 is 0 Å². The summed E-state index contributed by atoms with van der Waals surface area (Å²) in [5.41, 5.74) is -0.301. The monoisotopic (exact) mass is 509 g/mol. The van der Waals surface area contributed by atoms with Gasteiger partial charge in [-0.15, -0.1) is 0 Å². The number of alkyl halides is 3. The lowest BCUT2D eigenvalue weighted by Crippen LogP contribution is -2.56. The Balaban J connectivity index is 1.34. The van der Waals surface area contributed by atoms with E-state index in [9.17, 15) is 22.8 Å². The molecule has 0 unspecified atom stereocenters. The second kappa shape index (κ2) is 9.42. The van der Waals surface area contributed by atoms with E-state index in [1.54, 1.807) is 14.0 Å². The van der Waals surface area contributed by atoms with Crippen molar-refractivity contribution in [3.8, 4) is 0 Å². The van der Waals surface area contributed by atoms with Gasteiger partial charge in [0.25, 0.3) is 5.91 Å². The van der Waals surface area contributed by atoms with Crippen molar-refractivity contribution in [2.75, 3.05) is 40.0 Å². The Hall–Kier alpha value is -2.50. The van der Waals surface area contributed by atoms with Crippen LogP contribution in [0.25, 0.3) is 0 Å². The van der Waals surface area contributed by atoms with Gasteiger partial charge in [0.1, 0.15) is 5.60 Å². The Bertz CT molecular complexity index is 1080. The van der Waals surface area contributed by atoms with Crippen molar-refractivity contribution >= 4 is 11.9 Å². The van der Waals surface area contributed by atoms with Crippen molar-refractivity contribution < 1.29 is 37.0 Å². The van der Waals surface area contributed by atoms with Gasteiger partial charge < -0.3 is 19.1 Å². The molecule has 5 rings (SSSR count). The lowest BCUT2D eigenvalue weighted by atomic mass is 9.81. The highest BCUT2D eigenvalue weighted by atomic mass is 19.4. The number of piperidine rings is 1. The third-order valence-electron chi connectivity index (χ3n) is 7.94. The van der Waals surface area contributed by atoms with E-state index in [4.69, 9.17) is 14.2 Å². The maximum atomic E-state index is 13.7. The molecular formula is C25H30F3N3O5. The summed E-state index contributed by atoms with van der Waals surface area (Å²) in [6, 6.07) is 1.25. The van der Waals surface area contributed by atoms with E-state index >= 15 is 0 Å². The van der Waals surface area contributed by atoms with Crippen molar-refractivity contribution in [2.45, 2.75) is 63.1 Å². The van der Waals surface area contributed by atoms with Crippen LogP contribution in [0.2, 0.25) is 0 Å². The van der Waals surface area contributed by atoms with Gasteiger partial charge in [0.2, 0.25) is 0 Å². The van der Waals surface area contributed by atoms with Gasteiger partial charge in [0.15, 0.2) is 0 Å². The molecule has 0 aromatic carbocycles. The second-order valence-electron chi connectivity index (χ2n) is 9.93. The van der Waals surface area contributed by atoms with E-state index in [1.807, 2.05) is 0 Å². The average molecular weight is 510 g/mol. The summed E-state index contributed by atoms with van der Waals surface area (Å²) >= 11 is 0. The van der Waals surface area contributed by atoms with E-state index < -0.39 is 23.3 Å². The summed E-state index contributed by atoms with van der Waals surface area (Å²) in [6.45, 7) is 4.36. The number of methoxy groups -OCH3 is 1. The highest BCUT2D eigenvalue weighted by molar-refractivity contribution is 6.07. The summed E-state index contributed by atoms with van der Waals surface area (Å²) < 4.78 is 56.6. The maximum absolute atomic E-state index is 13.7. The molecule has 1 aromatic rings. The topological polar surface area (TPSA) is 81.2 Å². The van der Waals surface area contributed by atoms with Crippen LogP contribution in [-0.4, -0.2) is 84.4 Å². The fourth-order valence-electron chi connectivity index (χ4n) is 5.93. The van der Waals surface area contributed by atoms with Crippen LogP contribution in [0, 0.1) is 0 Å². The van der Waals surface area contributed by atoms with Crippen LogP contribution in [0.3, 0.4) is 0 Å². The fraction of sp³-hybridized carbons (Fsp3) is 0.640. The molecule has 0 saturated carbocycles. The molecule has 1 amide bonds. The molecule has 0 N–H and O–H groups in total. The number of amides is 1. The van der Waals surface area contributed by atoms with E-state index in [0.29, 0.717) is 68.9 Å². The normalized spacial score (nSPS) is 26.8. The van der Waals surface area contributed by atoms with Gasteiger partial charge >= 0.3 is 12.1 Å². The minimum absolute atomic E-state index is 0.00978. The molecule has 0 radical (unpaired) electrons. The molecule has 2 atom stereocenters. The maximum Gasteiger partial charge on any atom is 0.417 e. The molecule has 1 spiro atoms. The van der Waals surface area contributed by atoms with E-state index in [-0.39, 0.29) is 30.2 Å². The van der Waals surface area contributed by atoms with Crippen molar-refractivity contribution in [3.05, 3.63) is 40.2 Å². The lowest BCUT2D eigenvalue weighted by molar-refractivity contribution is -0.154. The number of likely N-dealkylation sites (tertiary alicyclic amines) is 1. The molecule has 8 nitrogen and oxygen atoms in total. The Labute approximate surface area is 207 Å². The zero-order valence-electron chi connectivity index (χ0n) is 20.4. The third kappa shape index (κ3) is 4.41. The predicted molar refractivity (Wildman–Crippen MR) is 121 cm³/mol. The van der Waals surface area contributed by atoms with Gasteiger partial charge in [0.05, 0.1) is 23.8 Å². The number of hydrogen-bond acceptors (Lipinski definition) is 7. The average Bonchev–Trinajstić information content (AvgIpc) is 3.11. The number of ether oxygens (including phenoxy) is 3. The minimum atomic E-state index is -4.51. The molecule has 2 fully saturated rings. The SMILES string of the molecule is CO[C@@H]1COCC[C@@H]1N1CCC2(CC1)OC(=O)C(C)=C2C(=O)N1CCc2ncc(C(F)(F)F)cc2C1. The molecule has 0 bridgehead atoms. The predicted octanol–water partition coefficient (Wildman–Crippen LogP) is 2.50. The number of esters is 1. The van der Waals surface area contributed by atoms with Gasteiger partial charge in [-0.05, 0) is 25.0 Å². The van der Waals surface area contributed by atoms with Crippen LogP contribution in [0.4, 0.5) is 13.2 Å². The molecule has 5 heterocycles. The summed E-state index contributed by atoms with van der Waals surface area (Å²) in [4.78, 5) is 34.2. The van der Waals surface area contributed by atoms with E-state index in [0.717, 1.165) is 18.7 Å². The van der Waals surface area contributed by atoms with E-state index in [1.165, 1.54) is 4.90 Å². The third-order valence-corrected chi connectivity index (χ3v) is 7.94. The van der Waals surface area contributed by atoms with Crippen molar-refractivity contribution in [2.24, 2.45) is 0 Å². The Morgan fingerprint density at radius 2 is 2.00 bits per heavy atom. The smallest absolute Gasteiger partial charge is 0.417 e. The number of halogens is 3. The van der Waals surface area contributed by atoms with Gasteiger partial charge in [-0.3, -0.25) is 14.7 Å². The summed E-state index contributed by atoms with van der Waals surface area (Å²) in [5, 5.41) is 0. The van der Waals surface area contributed by atoms with Gasteiger partial charge in [-0.1, -0.05) is 0 Å². The molecule has 2 saturated heterocycles. The number of hydrogen-bond donors (Lipinski definition) is 0. The molecular weight excluding hydrogens is 479 g/mol. The highest BCUT2D eigenvalue weighted by Gasteiger charge is 2.52. The first kappa shape index (κ1) is 25.2. The summed E-state index contributed by atoms with van der Waals surface area (Å²) in [5.74, 6) is -0.859. The van der Waals surface area contributed by atoms with Gasteiger partial charge in [-0.25, -0.2) is 4.79 Å². The molecule has 11 heteroatoms. The number of rotatable bonds is 3. The zero-order valence-corrected chi connectivity index (χ0v) is 20.4. The van der Waals surface area contributed by atoms with Crippen molar-refractivity contribution in [3.63, 3.8) is 0 Å². The van der Waals surface area contributed by atoms with Crippen LogP contribution in [0.5, 0.6) is 0 Å². The molecule has 36 heavy (non-hydrogen) atoms. The zero-order chi connectivity index (χ0) is 25.7. The first-order valence-electron chi connectivity index (χ1n) is 12.3. The van der Waals surface area contributed by atoms with E-state index in [2.05, 4.69) is 9.88 Å². The number of carbonyl (C=O) groups is 2. The Morgan fingerprint density at radius 1 is 1.25 bits per heavy atom. The van der Waals surface area contributed by atoms with Crippen LogP contribution >= 0.6 is 0 Å². The van der Waals surface area contributed by atoms with Gasteiger partial charge in [-0.2, -0.15) is 13.2 Å². The Morgan fingerprint density at radius 3 is 2.69 bits per heavy atom. The minimum Gasteiger partial charge on any atom is -0.450 e. The quantitative estimate of drug-likeness (QED) is 0.580. The summed E-state index contributed by atoms with van der Waals surface area (Å²) in [7, 11) is 1.67. The standard InChI is InChI=1S/C25H30F3N3O5/c1-15-21(22(32)31-7-3-18-16(13-31)11-17(12-29-18)25(26,27)28)24(36-23(15)33)5-8-30(9-6-24)19-4-10-35-14-20(19)34-2/h11-12,19-20H,3-10,13-14H2,1-2H3/t19-,20+/m0/s1. The first-order valence-corrected chi connectivity index (χ1v) is 12.3. The molecule has 0 aliphatic carbocycles. The second-order valence-corrected chi connectivity index (χ2v) is 9.93. The highest BCUT2D eigenvalue weighted by Crippen LogP contribution is 2.43. The molecule has 4 aliphatic heterocycles. The molecule has 196 valence electrons. The number of fused-ring (bicyclic) bond motifs is 1. The lowest BCUT2D eigenvalue weighted by Gasteiger charge is -2.45. The number of carbonyl (C=O) groups excluding carboxylic acids is 2. The fourth-order valence-corrected chi connectivity index (χ4v) is 5.93. The Kier molecular flexibility index (Phi) is 6.59. The van der Waals surface area contributed by atoms with Crippen LogP contribution in [-0.2, 0) is 42.9 Å². The molecule has 4 aliphatic rings. The van der Waals surface area contributed by atoms with Crippen LogP contribution in [0.15, 0.2) is 23.4 Å². The van der Waals surface area contributed by atoms with Crippen molar-refractivity contribution in [1.82, 2.24) is 14.8 Å². The largest absolute Gasteiger partial charge is 0.450 e. The number of pyridine rings is 1. The number of aromatic nitrogens is 1. The molecule has 1 aromatic heterocycles.